The number of aryl methyl sites for hydroxylation is 1. The lowest BCUT2D eigenvalue weighted by Crippen LogP contribution is -2.00. The number of nitrogens with zero attached hydrogens (tertiary/aromatic N) is 1. The van der Waals surface area contributed by atoms with Crippen molar-refractivity contribution in [2.24, 2.45) is 0 Å². The summed E-state index contributed by atoms with van der Waals surface area (Å²) in [6.45, 7) is 2.40. The van der Waals surface area contributed by atoms with E-state index in [1.807, 2.05) is 31.2 Å². The summed E-state index contributed by atoms with van der Waals surface area (Å²) in [5, 5.41) is 3.24. The van der Waals surface area contributed by atoms with Gasteiger partial charge in [0.05, 0.1) is 11.0 Å². The van der Waals surface area contributed by atoms with E-state index in [0.29, 0.717) is 6.54 Å². The van der Waals surface area contributed by atoms with Gasteiger partial charge in [0.1, 0.15) is 5.82 Å². The van der Waals surface area contributed by atoms with Crippen LogP contribution in [0.2, 0.25) is 0 Å². The van der Waals surface area contributed by atoms with E-state index in [1.165, 1.54) is 12.1 Å². The molecule has 0 amide bonds. The molecule has 1 aromatic heterocycles. The van der Waals surface area contributed by atoms with Gasteiger partial charge in [0.2, 0.25) is 0 Å². The second kappa shape index (κ2) is 5.52. The fraction of sp³-hybridized carbons (Fsp3) is 0.188. The maximum absolute atomic E-state index is 12.7. The summed E-state index contributed by atoms with van der Waals surface area (Å²) < 4.78 is 25.3. The zero-order valence-corrected chi connectivity index (χ0v) is 11.5. The van der Waals surface area contributed by atoms with Gasteiger partial charge in [-0.2, -0.15) is 0 Å². The van der Waals surface area contributed by atoms with Gasteiger partial charge < -0.3 is 10.3 Å². The molecule has 3 rings (SSSR count). The summed E-state index contributed by atoms with van der Waals surface area (Å²) in [7, 11) is 0. The van der Waals surface area contributed by atoms with E-state index in [2.05, 4.69) is 15.3 Å². The van der Waals surface area contributed by atoms with E-state index in [9.17, 15) is 8.78 Å². The number of halogens is 2. The molecule has 0 saturated heterocycles. The normalized spacial score (nSPS) is 11.2. The fourth-order valence-corrected chi connectivity index (χ4v) is 2.29. The Bertz CT molecular complexity index is 765. The first-order valence-electron chi connectivity index (χ1n) is 6.69. The van der Waals surface area contributed by atoms with Crippen LogP contribution in [0.15, 0.2) is 42.5 Å². The molecule has 0 aliphatic carbocycles. The highest BCUT2D eigenvalue weighted by molar-refractivity contribution is 5.79. The van der Waals surface area contributed by atoms with Crippen LogP contribution in [0.3, 0.4) is 0 Å². The van der Waals surface area contributed by atoms with Crippen molar-refractivity contribution in [3.63, 3.8) is 0 Å². The highest BCUT2D eigenvalue weighted by Gasteiger charge is 2.07. The number of benzene rings is 2. The molecule has 2 aromatic carbocycles. The number of fused-ring (bicyclic) bond motifs is 1. The molecule has 0 bridgehead atoms. The number of nitrogens with one attached hydrogen (secondary N) is 2. The van der Waals surface area contributed by atoms with Gasteiger partial charge in [-0.15, -0.1) is 0 Å². The van der Waals surface area contributed by atoms with Crippen LogP contribution >= 0.6 is 0 Å². The lowest BCUT2D eigenvalue weighted by molar-refractivity contribution is 0.151. The number of aromatic nitrogens is 2. The molecule has 3 nitrogen and oxygen atoms in total. The van der Waals surface area contributed by atoms with Gasteiger partial charge in [0.15, 0.2) is 0 Å². The van der Waals surface area contributed by atoms with Crippen LogP contribution in [0.4, 0.5) is 14.5 Å². The van der Waals surface area contributed by atoms with Gasteiger partial charge in [-0.25, -0.2) is 13.8 Å². The summed E-state index contributed by atoms with van der Waals surface area (Å²) in [4.78, 5) is 7.51. The van der Waals surface area contributed by atoms with Crippen LogP contribution < -0.4 is 5.32 Å². The van der Waals surface area contributed by atoms with Crippen molar-refractivity contribution in [2.45, 2.75) is 19.9 Å². The summed E-state index contributed by atoms with van der Waals surface area (Å²) >= 11 is 0. The van der Waals surface area contributed by atoms with E-state index in [-0.39, 0.29) is 5.56 Å². The third kappa shape index (κ3) is 3.02. The van der Waals surface area contributed by atoms with Crippen LogP contribution in [0.5, 0.6) is 0 Å². The molecule has 0 fully saturated rings. The molecule has 3 aromatic rings. The third-order valence-electron chi connectivity index (χ3n) is 3.30. The number of hydrogen-bond donors (Lipinski definition) is 2. The summed E-state index contributed by atoms with van der Waals surface area (Å²) in [5.74, 6) is 0.867. The van der Waals surface area contributed by atoms with Gasteiger partial charge in [0, 0.05) is 17.8 Å². The van der Waals surface area contributed by atoms with Crippen LogP contribution in [-0.2, 0) is 6.54 Å². The highest BCUT2D eigenvalue weighted by atomic mass is 19.3. The molecule has 1 heterocycles. The minimum Gasteiger partial charge on any atom is -0.381 e. The van der Waals surface area contributed by atoms with Gasteiger partial charge >= 0.3 is 0 Å². The summed E-state index contributed by atoms with van der Waals surface area (Å²) in [6.07, 6.45) is -2.44. The van der Waals surface area contributed by atoms with E-state index in [4.69, 9.17) is 0 Å². The first-order valence-corrected chi connectivity index (χ1v) is 6.69. The molecule has 0 unspecified atom stereocenters. The van der Waals surface area contributed by atoms with Crippen molar-refractivity contribution in [3.05, 3.63) is 59.4 Å². The first-order chi connectivity index (χ1) is 10.1. The Morgan fingerprint density at radius 2 is 2.05 bits per heavy atom. The summed E-state index contributed by atoms with van der Waals surface area (Å²) in [6, 6.07) is 12.3. The average molecular weight is 287 g/mol. The second-order valence-electron chi connectivity index (χ2n) is 4.95. The predicted molar refractivity (Wildman–Crippen MR) is 79.6 cm³/mol. The quantitative estimate of drug-likeness (QED) is 0.745. The maximum atomic E-state index is 12.7. The SMILES string of the molecule is Cc1nc2ccc(NCc3cccc(C(F)F)c3)cc2[nH]1. The molecular weight excluding hydrogens is 272 g/mol. The zero-order chi connectivity index (χ0) is 14.8. The number of alkyl halides is 2. The van der Waals surface area contributed by atoms with Crippen LogP contribution in [-0.4, -0.2) is 9.97 Å². The minimum absolute atomic E-state index is 0.0499. The van der Waals surface area contributed by atoms with Crippen molar-refractivity contribution in [2.75, 3.05) is 5.32 Å². The number of anilines is 1. The minimum atomic E-state index is -2.44. The zero-order valence-electron chi connectivity index (χ0n) is 11.5. The smallest absolute Gasteiger partial charge is 0.263 e. The molecule has 0 saturated carbocycles. The molecule has 0 atom stereocenters. The van der Waals surface area contributed by atoms with Crippen molar-refractivity contribution in [1.82, 2.24) is 9.97 Å². The van der Waals surface area contributed by atoms with Crippen molar-refractivity contribution in [1.29, 1.82) is 0 Å². The number of hydrogen-bond acceptors (Lipinski definition) is 2. The van der Waals surface area contributed by atoms with Crippen molar-refractivity contribution in [3.8, 4) is 0 Å². The van der Waals surface area contributed by atoms with Gasteiger partial charge in [-0.1, -0.05) is 18.2 Å². The fourth-order valence-electron chi connectivity index (χ4n) is 2.29. The Morgan fingerprint density at radius 1 is 1.19 bits per heavy atom. The Kier molecular flexibility index (Phi) is 3.56. The topological polar surface area (TPSA) is 40.7 Å². The van der Waals surface area contributed by atoms with E-state index < -0.39 is 6.43 Å². The van der Waals surface area contributed by atoms with Gasteiger partial charge in [0.25, 0.3) is 6.43 Å². The Hall–Kier alpha value is -2.43. The second-order valence-corrected chi connectivity index (χ2v) is 4.95. The van der Waals surface area contributed by atoms with Crippen LogP contribution in [0.25, 0.3) is 11.0 Å². The predicted octanol–water partition coefficient (Wildman–Crippen LogP) is 4.42. The van der Waals surface area contributed by atoms with Crippen molar-refractivity contribution < 1.29 is 8.78 Å². The van der Waals surface area contributed by atoms with Gasteiger partial charge in [-0.3, -0.25) is 0 Å². The average Bonchev–Trinajstić information content (AvgIpc) is 2.84. The van der Waals surface area contributed by atoms with Crippen LogP contribution in [0.1, 0.15) is 23.4 Å². The molecular formula is C16H15F2N3. The lowest BCUT2D eigenvalue weighted by atomic mass is 10.1. The number of aromatic amines is 1. The molecule has 0 aliphatic heterocycles. The largest absolute Gasteiger partial charge is 0.381 e. The molecule has 0 spiro atoms. The molecule has 0 aliphatic rings. The Labute approximate surface area is 121 Å². The molecule has 2 N–H and O–H groups in total. The summed E-state index contributed by atoms with van der Waals surface area (Å²) in [5.41, 5.74) is 3.67. The molecule has 5 heteroatoms. The number of imidazole rings is 1. The number of rotatable bonds is 4. The Balaban J connectivity index is 1.75. The molecule has 0 radical (unpaired) electrons. The number of H-pyrrole nitrogens is 1. The maximum Gasteiger partial charge on any atom is 0.263 e. The third-order valence-corrected chi connectivity index (χ3v) is 3.30. The standard InChI is InChI=1S/C16H15F2N3/c1-10-20-14-6-5-13(8-15(14)21-10)19-9-11-3-2-4-12(7-11)16(17)18/h2-8,16,19H,9H2,1H3,(H,20,21). The van der Waals surface area contributed by atoms with E-state index in [1.54, 1.807) is 6.07 Å². The first kappa shape index (κ1) is 13.5. The van der Waals surface area contributed by atoms with Crippen LogP contribution in [0, 0.1) is 6.92 Å². The van der Waals surface area contributed by atoms with E-state index in [0.717, 1.165) is 28.1 Å². The van der Waals surface area contributed by atoms with Crippen molar-refractivity contribution >= 4 is 16.7 Å². The highest BCUT2D eigenvalue weighted by Crippen LogP contribution is 2.21. The molecule has 21 heavy (non-hydrogen) atoms. The monoisotopic (exact) mass is 287 g/mol. The lowest BCUT2D eigenvalue weighted by Gasteiger charge is -2.08. The Morgan fingerprint density at radius 3 is 2.86 bits per heavy atom. The molecule has 108 valence electrons. The van der Waals surface area contributed by atoms with Gasteiger partial charge in [-0.05, 0) is 36.8 Å². The van der Waals surface area contributed by atoms with E-state index >= 15 is 0 Å².